The third-order valence-corrected chi connectivity index (χ3v) is 3.42. The van der Waals surface area contributed by atoms with E-state index in [-0.39, 0.29) is 0 Å². The molecule has 0 fully saturated rings. The molecular weight excluding hydrogens is 290 g/mol. The van der Waals surface area contributed by atoms with Crippen molar-refractivity contribution in [2.24, 2.45) is 0 Å². The van der Waals surface area contributed by atoms with Gasteiger partial charge in [-0.15, -0.1) is 0 Å². The van der Waals surface area contributed by atoms with Crippen molar-refractivity contribution in [3.05, 3.63) is 60.2 Å². The SMILES string of the molecule is Cc1cccc(C)c1OCCNc1cncc(-n2cccn2)n1. The van der Waals surface area contributed by atoms with E-state index in [1.807, 2.05) is 18.3 Å². The van der Waals surface area contributed by atoms with E-state index in [2.05, 4.69) is 46.4 Å². The molecule has 0 atom stereocenters. The van der Waals surface area contributed by atoms with Gasteiger partial charge >= 0.3 is 0 Å². The van der Waals surface area contributed by atoms with Gasteiger partial charge in [-0.05, 0) is 31.0 Å². The molecule has 0 spiro atoms. The van der Waals surface area contributed by atoms with Crippen molar-refractivity contribution in [2.75, 3.05) is 18.5 Å². The highest BCUT2D eigenvalue weighted by atomic mass is 16.5. The number of rotatable bonds is 6. The van der Waals surface area contributed by atoms with Crippen LogP contribution >= 0.6 is 0 Å². The van der Waals surface area contributed by atoms with Crippen LogP contribution in [0.3, 0.4) is 0 Å². The molecule has 1 N–H and O–H groups in total. The van der Waals surface area contributed by atoms with E-state index >= 15 is 0 Å². The van der Waals surface area contributed by atoms with Gasteiger partial charge in [0.1, 0.15) is 18.2 Å². The first-order chi connectivity index (χ1) is 11.2. The van der Waals surface area contributed by atoms with Crippen molar-refractivity contribution in [3.8, 4) is 11.6 Å². The smallest absolute Gasteiger partial charge is 0.173 e. The lowest BCUT2D eigenvalue weighted by molar-refractivity contribution is 0.328. The summed E-state index contributed by atoms with van der Waals surface area (Å²) in [7, 11) is 0. The molecule has 6 heteroatoms. The number of nitrogens with zero attached hydrogens (tertiary/aromatic N) is 4. The minimum Gasteiger partial charge on any atom is -0.491 e. The van der Waals surface area contributed by atoms with Crippen LogP contribution in [-0.4, -0.2) is 32.9 Å². The standard InChI is InChI=1S/C17H19N5O/c1-13-5-3-6-14(2)17(13)23-10-8-19-15-11-18-12-16(21-15)22-9-4-7-20-22/h3-7,9,11-12H,8,10H2,1-2H3,(H,19,21). The van der Waals surface area contributed by atoms with Gasteiger partial charge in [0.25, 0.3) is 0 Å². The number of hydrogen-bond donors (Lipinski definition) is 1. The molecule has 6 nitrogen and oxygen atoms in total. The van der Waals surface area contributed by atoms with E-state index in [0.717, 1.165) is 16.9 Å². The number of aryl methyl sites for hydroxylation is 2. The van der Waals surface area contributed by atoms with Gasteiger partial charge in [-0.25, -0.2) is 9.67 Å². The summed E-state index contributed by atoms with van der Waals surface area (Å²) in [5.41, 5.74) is 2.29. The Bertz CT molecular complexity index is 750. The average molecular weight is 309 g/mol. The molecule has 0 radical (unpaired) electrons. The van der Waals surface area contributed by atoms with Crippen molar-refractivity contribution < 1.29 is 4.74 Å². The summed E-state index contributed by atoms with van der Waals surface area (Å²) >= 11 is 0. The molecule has 3 rings (SSSR count). The number of benzene rings is 1. The Kier molecular flexibility index (Phi) is 4.52. The molecule has 0 saturated heterocycles. The summed E-state index contributed by atoms with van der Waals surface area (Å²) in [5.74, 6) is 2.32. The van der Waals surface area contributed by atoms with Crippen molar-refractivity contribution in [1.29, 1.82) is 0 Å². The molecule has 1 aromatic carbocycles. The number of para-hydroxylation sites is 1. The number of hydrogen-bond acceptors (Lipinski definition) is 5. The first-order valence-corrected chi connectivity index (χ1v) is 7.49. The van der Waals surface area contributed by atoms with Crippen molar-refractivity contribution >= 4 is 5.82 Å². The van der Waals surface area contributed by atoms with Gasteiger partial charge in [0.05, 0.1) is 18.9 Å². The zero-order valence-electron chi connectivity index (χ0n) is 13.2. The first-order valence-electron chi connectivity index (χ1n) is 7.49. The van der Waals surface area contributed by atoms with Crippen LogP contribution in [-0.2, 0) is 0 Å². The number of anilines is 1. The van der Waals surface area contributed by atoms with Crippen molar-refractivity contribution in [1.82, 2.24) is 19.7 Å². The summed E-state index contributed by atoms with van der Waals surface area (Å²) in [6.07, 6.45) is 6.90. The average Bonchev–Trinajstić information content (AvgIpc) is 3.08. The predicted molar refractivity (Wildman–Crippen MR) is 89.1 cm³/mol. The topological polar surface area (TPSA) is 64.9 Å². The lowest BCUT2D eigenvalue weighted by Crippen LogP contribution is -2.14. The number of nitrogens with one attached hydrogen (secondary N) is 1. The lowest BCUT2D eigenvalue weighted by Gasteiger charge is -2.12. The molecule has 0 aliphatic rings. The fraction of sp³-hybridized carbons (Fsp3) is 0.235. The Morgan fingerprint density at radius 1 is 1.13 bits per heavy atom. The zero-order chi connectivity index (χ0) is 16.1. The molecule has 2 heterocycles. The highest BCUT2D eigenvalue weighted by molar-refractivity contribution is 5.40. The van der Waals surface area contributed by atoms with E-state index in [1.54, 1.807) is 23.3 Å². The molecule has 0 unspecified atom stereocenters. The van der Waals surface area contributed by atoms with Crippen LogP contribution in [0.2, 0.25) is 0 Å². The van der Waals surface area contributed by atoms with Gasteiger partial charge in [0.15, 0.2) is 5.82 Å². The predicted octanol–water partition coefficient (Wildman–Crippen LogP) is 2.77. The van der Waals surface area contributed by atoms with Crippen LogP contribution in [0.15, 0.2) is 49.1 Å². The largest absolute Gasteiger partial charge is 0.491 e. The molecule has 0 amide bonds. The molecule has 0 aliphatic carbocycles. The van der Waals surface area contributed by atoms with Gasteiger partial charge in [-0.2, -0.15) is 5.10 Å². The highest BCUT2D eigenvalue weighted by Gasteiger charge is 2.04. The second-order valence-electron chi connectivity index (χ2n) is 5.21. The third-order valence-electron chi connectivity index (χ3n) is 3.42. The van der Waals surface area contributed by atoms with Crippen LogP contribution in [0.1, 0.15) is 11.1 Å². The van der Waals surface area contributed by atoms with E-state index in [9.17, 15) is 0 Å². The maximum Gasteiger partial charge on any atom is 0.173 e. The van der Waals surface area contributed by atoms with E-state index < -0.39 is 0 Å². The number of aromatic nitrogens is 4. The zero-order valence-corrected chi connectivity index (χ0v) is 13.2. The summed E-state index contributed by atoms with van der Waals surface area (Å²) in [6, 6.07) is 7.98. The van der Waals surface area contributed by atoms with Crippen LogP contribution in [0, 0.1) is 13.8 Å². The summed E-state index contributed by atoms with van der Waals surface area (Å²) in [5, 5.41) is 7.36. The summed E-state index contributed by atoms with van der Waals surface area (Å²) < 4.78 is 7.54. The Morgan fingerprint density at radius 3 is 2.70 bits per heavy atom. The maximum atomic E-state index is 5.86. The summed E-state index contributed by atoms with van der Waals surface area (Å²) in [6.45, 7) is 5.30. The fourth-order valence-corrected chi connectivity index (χ4v) is 2.31. The van der Waals surface area contributed by atoms with Gasteiger partial charge in [-0.3, -0.25) is 4.98 Å². The van der Waals surface area contributed by atoms with Crippen LogP contribution in [0.25, 0.3) is 5.82 Å². The summed E-state index contributed by atoms with van der Waals surface area (Å²) in [4.78, 5) is 8.65. The Morgan fingerprint density at radius 2 is 1.96 bits per heavy atom. The first kappa shape index (κ1) is 15.0. The molecule has 3 aromatic rings. The Hall–Kier alpha value is -2.89. The van der Waals surface area contributed by atoms with Crippen molar-refractivity contribution in [3.63, 3.8) is 0 Å². The molecule has 0 saturated carbocycles. The normalized spacial score (nSPS) is 10.5. The van der Waals surface area contributed by atoms with Gasteiger partial charge in [-0.1, -0.05) is 18.2 Å². The van der Waals surface area contributed by atoms with Gasteiger partial charge in [0.2, 0.25) is 0 Å². The quantitative estimate of drug-likeness (QED) is 0.709. The monoisotopic (exact) mass is 309 g/mol. The van der Waals surface area contributed by atoms with Gasteiger partial charge in [0, 0.05) is 12.4 Å². The second-order valence-corrected chi connectivity index (χ2v) is 5.21. The maximum absolute atomic E-state index is 5.86. The minimum absolute atomic E-state index is 0.555. The van der Waals surface area contributed by atoms with Crippen LogP contribution in [0.4, 0.5) is 5.82 Å². The van der Waals surface area contributed by atoms with E-state index in [1.165, 1.54) is 0 Å². The molecule has 2 aromatic heterocycles. The van der Waals surface area contributed by atoms with Crippen molar-refractivity contribution in [2.45, 2.75) is 13.8 Å². The van der Waals surface area contributed by atoms with E-state index in [4.69, 9.17) is 4.74 Å². The highest BCUT2D eigenvalue weighted by Crippen LogP contribution is 2.22. The lowest BCUT2D eigenvalue weighted by atomic mass is 10.1. The Balaban J connectivity index is 1.56. The van der Waals surface area contributed by atoms with Crippen LogP contribution < -0.4 is 10.1 Å². The number of ether oxygens (including phenoxy) is 1. The molecule has 23 heavy (non-hydrogen) atoms. The van der Waals surface area contributed by atoms with Gasteiger partial charge < -0.3 is 10.1 Å². The minimum atomic E-state index is 0.555. The van der Waals surface area contributed by atoms with Crippen LogP contribution in [0.5, 0.6) is 5.75 Å². The second kappa shape index (κ2) is 6.91. The molecule has 0 bridgehead atoms. The Labute approximate surface area is 135 Å². The van der Waals surface area contributed by atoms with E-state index in [0.29, 0.717) is 24.8 Å². The molecule has 118 valence electrons. The fourth-order valence-electron chi connectivity index (χ4n) is 2.31. The molecular formula is C17H19N5O. The third kappa shape index (κ3) is 3.66. The molecule has 0 aliphatic heterocycles.